The van der Waals surface area contributed by atoms with Gasteiger partial charge in [0, 0.05) is 0 Å². The number of carboxylic acid groups (broad SMARTS) is 1. The van der Waals surface area contributed by atoms with Crippen molar-refractivity contribution in [2.45, 2.75) is 6.92 Å². The lowest BCUT2D eigenvalue weighted by Gasteiger charge is -2.04. The van der Waals surface area contributed by atoms with Crippen molar-refractivity contribution < 1.29 is 9.90 Å². The molecule has 2 rings (SSSR count). The largest absolute Gasteiger partial charge is 0.545 e. The Hall–Kier alpha value is -2.62. The minimum absolute atomic E-state index is 0.146. The summed E-state index contributed by atoms with van der Waals surface area (Å²) in [6.07, 6.45) is 1.71. The molecule has 0 bridgehead atoms. The molecule has 0 amide bonds. The van der Waals surface area contributed by atoms with Crippen LogP contribution >= 0.6 is 0 Å². The first-order valence-corrected chi connectivity index (χ1v) is 5.82. The maximum atomic E-state index is 10.6. The zero-order valence-corrected chi connectivity index (χ0v) is 10.5. The Bertz CT molecular complexity index is 604. The van der Waals surface area contributed by atoms with Gasteiger partial charge in [0.15, 0.2) is 0 Å². The van der Waals surface area contributed by atoms with E-state index in [1.165, 1.54) is 17.7 Å². The number of nitrogens with one attached hydrogen (secondary N) is 1. The van der Waals surface area contributed by atoms with E-state index >= 15 is 0 Å². The molecular weight excluding hydrogens is 240 g/mol. The van der Waals surface area contributed by atoms with Crippen LogP contribution in [0.15, 0.2) is 53.6 Å². The fraction of sp³-hybridized carbons (Fsp3) is 0.0667. The molecule has 0 saturated carbocycles. The maximum absolute atomic E-state index is 10.6. The number of carbonyl (C=O) groups excluding carboxylic acids is 1. The Labute approximate surface area is 111 Å². The van der Waals surface area contributed by atoms with E-state index in [1.54, 1.807) is 18.3 Å². The van der Waals surface area contributed by atoms with E-state index in [0.29, 0.717) is 5.69 Å². The third-order valence-electron chi connectivity index (χ3n) is 2.57. The SMILES string of the molecule is Cc1cccc(/C=N\Nc2ccc(C(=O)[O-])cc2)c1. The van der Waals surface area contributed by atoms with E-state index in [1.807, 2.05) is 31.2 Å². The number of nitrogens with zero attached hydrogens (tertiary/aromatic N) is 1. The number of anilines is 1. The third-order valence-corrected chi connectivity index (χ3v) is 2.57. The molecule has 0 radical (unpaired) electrons. The van der Waals surface area contributed by atoms with Crippen molar-refractivity contribution in [1.82, 2.24) is 0 Å². The predicted octanol–water partition coefficient (Wildman–Crippen LogP) is 1.80. The van der Waals surface area contributed by atoms with Gasteiger partial charge in [-0.05, 0) is 30.2 Å². The van der Waals surface area contributed by atoms with Crippen molar-refractivity contribution in [2.24, 2.45) is 5.10 Å². The van der Waals surface area contributed by atoms with Gasteiger partial charge in [-0.2, -0.15) is 5.10 Å². The molecule has 96 valence electrons. The van der Waals surface area contributed by atoms with Crippen LogP contribution in [0.4, 0.5) is 5.69 Å². The van der Waals surface area contributed by atoms with Crippen LogP contribution in [-0.2, 0) is 0 Å². The number of hydrogen-bond donors (Lipinski definition) is 1. The summed E-state index contributed by atoms with van der Waals surface area (Å²) >= 11 is 0. The van der Waals surface area contributed by atoms with E-state index in [2.05, 4.69) is 10.5 Å². The summed E-state index contributed by atoms with van der Waals surface area (Å²) < 4.78 is 0. The lowest BCUT2D eigenvalue weighted by atomic mass is 10.2. The average Bonchev–Trinajstić information content (AvgIpc) is 2.39. The van der Waals surface area contributed by atoms with Gasteiger partial charge in [-0.3, -0.25) is 5.43 Å². The summed E-state index contributed by atoms with van der Waals surface area (Å²) in [6, 6.07) is 14.2. The average molecular weight is 253 g/mol. The Morgan fingerprint density at radius 2 is 1.95 bits per heavy atom. The Kier molecular flexibility index (Phi) is 3.93. The molecule has 0 unspecified atom stereocenters. The quantitative estimate of drug-likeness (QED) is 0.667. The fourth-order valence-corrected chi connectivity index (χ4v) is 1.61. The number of aryl methyl sites for hydroxylation is 1. The molecule has 19 heavy (non-hydrogen) atoms. The van der Waals surface area contributed by atoms with Gasteiger partial charge in [0.25, 0.3) is 0 Å². The molecule has 0 aliphatic heterocycles. The van der Waals surface area contributed by atoms with Crippen LogP contribution in [0, 0.1) is 6.92 Å². The number of carboxylic acids is 1. The van der Waals surface area contributed by atoms with Crippen molar-refractivity contribution in [2.75, 3.05) is 5.43 Å². The zero-order chi connectivity index (χ0) is 13.7. The van der Waals surface area contributed by atoms with E-state index in [-0.39, 0.29) is 5.56 Å². The highest BCUT2D eigenvalue weighted by atomic mass is 16.4. The second-order valence-electron chi connectivity index (χ2n) is 4.15. The van der Waals surface area contributed by atoms with Crippen molar-refractivity contribution in [1.29, 1.82) is 0 Å². The van der Waals surface area contributed by atoms with Crippen LogP contribution in [0.2, 0.25) is 0 Å². The summed E-state index contributed by atoms with van der Waals surface area (Å²) in [5, 5.41) is 14.7. The van der Waals surface area contributed by atoms with E-state index in [4.69, 9.17) is 0 Å². The smallest absolute Gasteiger partial charge is 0.0715 e. The molecule has 0 atom stereocenters. The Morgan fingerprint density at radius 1 is 1.21 bits per heavy atom. The van der Waals surface area contributed by atoms with E-state index in [9.17, 15) is 9.90 Å². The molecule has 0 spiro atoms. The van der Waals surface area contributed by atoms with Gasteiger partial charge in [0.1, 0.15) is 0 Å². The third kappa shape index (κ3) is 3.67. The Balaban J connectivity index is 2.00. The number of carbonyl (C=O) groups is 1. The predicted molar refractivity (Wildman–Crippen MR) is 73.2 cm³/mol. The first-order valence-electron chi connectivity index (χ1n) is 5.82. The van der Waals surface area contributed by atoms with Gasteiger partial charge in [0.2, 0.25) is 0 Å². The first kappa shape index (κ1) is 12.8. The summed E-state index contributed by atoms with van der Waals surface area (Å²) in [4.78, 5) is 10.6. The highest BCUT2D eigenvalue weighted by Crippen LogP contribution is 2.09. The first-order chi connectivity index (χ1) is 9.15. The lowest BCUT2D eigenvalue weighted by Crippen LogP contribution is -2.21. The standard InChI is InChI=1S/C15H14N2O2/c1-11-3-2-4-12(9-11)10-16-17-14-7-5-13(6-8-14)15(18)19/h2-10,17H,1H3,(H,18,19)/p-1/b16-10-. The normalized spacial score (nSPS) is 10.6. The molecule has 4 heteroatoms. The molecule has 0 aromatic heterocycles. The summed E-state index contributed by atoms with van der Waals surface area (Å²) in [5.74, 6) is -1.19. The maximum Gasteiger partial charge on any atom is 0.0715 e. The number of benzene rings is 2. The number of aromatic carboxylic acids is 1. The topological polar surface area (TPSA) is 64.5 Å². The molecule has 4 nitrogen and oxygen atoms in total. The van der Waals surface area contributed by atoms with Gasteiger partial charge < -0.3 is 9.90 Å². The van der Waals surface area contributed by atoms with Crippen LogP contribution in [0.5, 0.6) is 0 Å². The Morgan fingerprint density at radius 3 is 2.58 bits per heavy atom. The van der Waals surface area contributed by atoms with Crippen LogP contribution in [0.25, 0.3) is 0 Å². The highest BCUT2D eigenvalue weighted by molar-refractivity contribution is 5.86. The molecular formula is C15H13N2O2-. The molecule has 2 aromatic rings. The highest BCUT2D eigenvalue weighted by Gasteiger charge is 1.93. The lowest BCUT2D eigenvalue weighted by molar-refractivity contribution is -0.255. The molecule has 0 heterocycles. The van der Waals surface area contributed by atoms with E-state index < -0.39 is 5.97 Å². The second-order valence-corrected chi connectivity index (χ2v) is 4.15. The molecule has 0 fully saturated rings. The fourth-order valence-electron chi connectivity index (χ4n) is 1.61. The van der Waals surface area contributed by atoms with Gasteiger partial charge in [0.05, 0.1) is 17.9 Å². The molecule has 0 aliphatic carbocycles. The van der Waals surface area contributed by atoms with Crippen molar-refractivity contribution in [3.8, 4) is 0 Å². The molecule has 0 saturated heterocycles. The second kappa shape index (κ2) is 5.82. The summed E-state index contributed by atoms with van der Waals surface area (Å²) in [6.45, 7) is 2.02. The number of hydrogen-bond acceptors (Lipinski definition) is 4. The van der Waals surface area contributed by atoms with Crippen LogP contribution in [-0.4, -0.2) is 12.2 Å². The molecule has 2 aromatic carbocycles. The molecule has 0 aliphatic rings. The zero-order valence-electron chi connectivity index (χ0n) is 10.5. The van der Waals surface area contributed by atoms with E-state index in [0.717, 1.165) is 5.56 Å². The van der Waals surface area contributed by atoms with Gasteiger partial charge >= 0.3 is 0 Å². The van der Waals surface area contributed by atoms with Crippen molar-refractivity contribution in [3.05, 3.63) is 65.2 Å². The number of rotatable bonds is 4. The summed E-state index contributed by atoms with van der Waals surface area (Å²) in [5.41, 5.74) is 5.87. The van der Waals surface area contributed by atoms with Crippen LogP contribution in [0.3, 0.4) is 0 Å². The van der Waals surface area contributed by atoms with Crippen LogP contribution < -0.4 is 10.5 Å². The van der Waals surface area contributed by atoms with Crippen LogP contribution in [0.1, 0.15) is 21.5 Å². The minimum Gasteiger partial charge on any atom is -0.545 e. The van der Waals surface area contributed by atoms with Crippen molar-refractivity contribution >= 4 is 17.9 Å². The molecule has 1 N–H and O–H groups in total. The van der Waals surface area contributed by atoms with Gasteiger partial charge in [-0.15, -0.1) is 0 Å². The van der Waals surface area contributed by atoms with Gasteiger partial charge in [-0.25, -0.2) is 0 Å². The number of hydrazone groups is 1. The van der Waals surface area contributed by atoms with Crippen molar-refractivity contribution in [3.63, 3.8) is 0 Å². The minimum atomic E-state index is -1.19. The van der Waals surface area contributed by atoms with Gasteiger partial charge in [-0.1, -0.05) is 42.0 Å². The monoisotopic (exact) mass is 253 g/mol. The summed E-state index contributed by atoms with van der Waals surface area (Å²) in [7, 11) is 0.